The molecule has 0 aliphatic carbocycles. The van der Waals surface area contributed by atoms with Crippen molar-refractivity contribution in [1.29, 1.82) is 0 Å². The van der Waals surface area contributed by atoms with Gasteiger partial charge in [0.25, 0.3) is 5.91 Å². The van der Waals surface area contributed by atoms with Crippen molar-refractivity contribution in [3.05, 3.63) is 107 Å². The standard InChI is InChI=1S/C40H47N3O3/c1-2-3-4-5-6-7-8-9-10-11-12-13-14-30-15-17-31(18-16-30)28-37-40(46)43-29-38(33-21-25-35(45)26-22-33)41-36(39(43)42-37)27-32-19-23-34(44)24-20-32/h15-26,37,42,44-45H,2-12,27-29H2,1H3/p+1. The maximum absolute atomic E-state index is 13.7. The van der Waals surface area contributed by atoms with Crippen molar-refractivity contribution in [2.45, 2.75) is 96.4 Å². The zero-order chi connectivity index (χ0) is 32.1. The Morgan fingerprint density at radius 2 is 1.37 bits per heavy atom. The molecule has 46 heavy (non-hydrogen) atoms. The molecular formula is C40H48N3O3+. The Morgan fingerprint density at radius 1 is 0.783 bits per heavy atom. The van der Waals surface area contributed by atoms with E-state index in [1.54, 1.807) is 24.3 Å². The Labute approximate surface area is 274 Å². The third kappa shape index (κ3) is 9.26. The van der Waals surface area contributed by atoms with Crippen LogP contribution in [-0.2, 0) is 17.6 Å². The van der Waals surface area contributed by atoms with Gasteiger partial charge in [-0.1, -0.05) is 101 Å². The van der Waals surface area contributed by atoms with Gasteiger partial charge in [-0.3, -0.25) is 9.69 Å². The number of benzene rings is 3. The average Bonchev–Trinajstić information content (AvgIpc) is 3.38. The topological polar surface area (TPSA) is 86.8 Å². The molecule has 1 unspecified atom stereocenters. The van der Waals surface area contributed by atoms with Gasteiger partial charge in [-0.2, -0.15) is 0 Å². The number of hydrogen-bond acceptors (Lipinski definition) is 4. The number of rotatable bonds is 15. The van der Waals surface area contributed by atoms with E-state index in [0.29, 0.717) is 19.4 Å². The Kier molecular flexibility index (Phi) is 11.9. The lowest BCUT2D eigenvalue weighted by molar-refractivity contribution is -0.406. The molecule has 2 aliphatic rings. The number of carbonyl (C=O) groups is 1. The minimum Gasteiger partial charge on any atom is -0.508 e. The molecule has 5 rings (SSSR count). The third-order valence-electron chi connectivity index (χ3n) is 8.86. The van der Waals surface area contributed by atoms with Gasteiger partial charge in [0.05, 0.1) is 6.42 Å². The molecule has 0 radical (unpaired) electrons. The van der Waals surface area contributed by atoms with Gasteiger partial charge < -0.3 is 15.5 Å². The van der Waals surface area contributed by atoms with E-state index in [-0.39, 0.29) is 23.4 Å². The van der Waals surface area contributed by atoms with Crippen LogP contribution in [0.15, 0.2) is 84.3 Å². The summed E-state index contributed by atoms with van der Waals surface area (Å²) in [5, 5.41) is 23.0. The van der Waals surface area contributed by atoms with Crippen LogP contribution in [0.2, 0.25) is 0 Å². The van der Waals surface area contributed by atoms with E-state index in [2.05, 4.69) is 53.3 Å². The molecule has 0 bridgehead atoms. The van der Waals surface area contributed by atoms with Gasteiger partial charge in [0.1, 0.15) is 24.1 Å². The van der Waals surface area contributed by atoms with Gasteiger partial charge in [0, 0.05) is 24.0 Å². The van der Waals surface area contributed by atoms with Gasteiger partial charge in [-0.25, -0.2) is 4.99 Å². The van der Waals surface area contributed by atoms with Crippen LogP contribution < -0.4 is 10.3 Å². The highest BCUT2D eigenvalue weighted by Crippen LogP contribution is 2.24. The van der Waals surface area contributed by atoms with E-state index in [1.165, 1.54) is 57.8 Å². The second kappa shape index (κ2) is 16.7. The number of fused-ring (bicyclic) bond motifs is 1. The SMILES string of the molecule is CCCCCCCCCCCCC#Cc1ccc(CC2NC3=C(Cc4ccc(O)cc4)[NH+]=C(c4ccc(O)cc4)CN3C2=O)cc1. The summed E-state index contributed by atoms with van der Waals surface area (Å²) in [7, 11) is 0. The molecule has 1 atom stereocenters. The number of carbonyl (C=O) groups excluding carboxylic acids is 1. The van der Waals surface area contributed by atoms with Crippen LogP contribution >= 0.6 is 0 Å². The van der Waals surface area contributed by atoms with Crippen LogP contribution in [0.1, 0.15) is 99.8 Å². The molecular weight excluding hydrogens is 570 g/mol. The quantitative estimate of drug-likeness (QED) is 0.123. The van der Waals surface area contributed by atoms with Crippen LogP contribution in [0.3, 0.4) is 0 Å². The highest BCUT2D eigenvalue weighted by Gasteiger charge is 2.42. The molecule has 4 N–H and O–H groups in total. The fourth-order valence-corrected chi connectivity index (χ4v) is 6.18. The first-order chi connectivity index (χ1) is 22.5. The first kappa shape index (κ1) is 32.9. The smallest absolute Gasteiger partial charge is 0.251 e. The molecule has 3 aromatic rings. The number of phenolic OH excluding ortho intramolecular Hbond substituents is 2. The summed E-state index contributed by atoms with van der Waals surface area (Å²) < 4.78 is 0. The summed E-state index contributed by atoms with van der Waals surface area (Å²) in [5.41, 5.74) is 5.82. The number of unbranched alkanes of at least 4 members (excludes halogenated alkanes) is 10. The van der Waals surface area contributed by atoms with Crippen LogP contribution in [0, 0.1) is 11.8 Å². The Hall–Kier alpha value is -4.50. The molecule has 2 heterocycles. The number of nitrogens with one attached hydrogen (secondary N) is 2. The number of amides is 1. The fourth-order valence-electron chi connectivity index (χ4n) is 6.18. The molecule has 240 valence electrons. The molecule has 6 nitrogen and oxygen atoms in total. The maximum Gasteiger partial charge on any atom is 0.251 e. The van der Waals surface area contributed by atoms with Gasteiger partial charge >= 0.3 is 0 Å². The molecule has 3 aromatic carbocycles. The van der Waals surface area contributed by atoms with Gasteiger partial charge in [0.2, 0.25) is 11.4 Å². The molecule has 2 aliphatic heterocycles. The van der Waals surface area contributed by atoms with Crippen LogP contribution in [0.4, 0.5) is 0 Å². The van der Waals surface area contributed by atoms with E-state index in [4.69, 9.17) is 0 Å². The van der Waals surface area contributed by atoms with E-state index >= 15 is 0 Å². The van der Waals surface area contributed by atoms with E-state index in [0.717, 1.165) is 52.3 Å². The van der Waals surface area contributed by atoms with Crippen molar-refractivity contribution in [1.82, 2.24) is 10.2 Å². The zero-order valence-electron chi connectivity index (χ0n) is 27.2. The minimum absolute atomic E-state index is 0.0383. The highest BCUT2D eigenvalue weighted by atomic mass is 16.3. The van der Waals surface area contributed by atoms with Crippen molar-refractivity contribution in [3.63, 3.8) is 0 Å². The highest BCUT2D eigenvalue weighted by molar-refractivity contribution is 6.02. The lowest BCUT2D eigenvalue weighted by Crippen LogP contribution is -2.76. The van der Waals surface area contributed by atoms with Crippen LogP contribution in [0.25, 0.3) is 0 Å². The summed E-state index contributed by atoms with van der Waals surface area (Å²) in [6.07, 6.45) is 15.4. The first-order valence-electron chi connectivity index (χ1n) is 17.1. The fraction of sp³-hybridized carbons (Fsp3) is 0.400. The van der Waals surface area contributed by atoms with Crippen molar-refractivity contribution in [2.75, 3.05) is 6.54 Å². The van der Waals surface area contributed by atoms with Crippen LogP contribution in [-0.4, -0.2) is 39.3 Å². The number of hydrogen-bond donors (Lipinski definition) is 4. The van der Waals surface area contributed by atoms with Crippen molar-refractivity contribution < 1.29 is 20.0 Å². The number of nitrogens with zero attached hydrogens (tertiary/aromatic N) is 1. The third-order valence-corrected chi connectivity index (χ3v) is 8.86. The zero-order valence-corrected chi connectivity index (χ0v) is 27.2. The van der Waals surface area contributed by atoms with E-state index in [1.807, 2.05) is 29.2 Å². The molecule has 1 amide bonds. The summed E-state index contributed by atoms with van der Waals surface area (Å²) in [4.78, 5) is 19.1. The Morgan fingerprint density at radius 3 is 2.02 bits per heavy atom. The maximum atomic E-state index is 13.7. The monoisotopic (exact) mass is 618 g/mol. The molecule has 0 spiro atoms. The number of phenols is 2. The average molecular weight is 619 g/mol. The summed E-state index contributed by atoms with van der Waals surface area (Å²) in [6, 6.07) is 22.0. The number of allylic oxidation sites excluding steroid dienone is 1. The van der Waals surface area contributed by atoms with Gasteiger partial charge in [0.15, 0.2) is 5.82 Å². The van der Waals surface area contributed by atoms with Gasteiger partial charge in [-0.15, -0.1) is 0 Å². The first-order valence-corrected chi connectivity index (χ1v) is 17.1. The molecule has 0 aromatic heterocycles. The van der Waals surface area contributed by atoms with Crippen molar-refractivity contribution in [2.24, 2.45) is 0 Å². The normalized spacial score (nSPS) is 15.7. The Balaban J connectivity index is 1.16. The second-order valence-corrected chi connectivity index (χ2v) is 12.6. The predicted octanol–water partition coefficient (Wildman–Crippen LogP) is 6.10. The molecule has 0 saturated carbocycles. The Bertz CT molecular complexity index is 1560. The van der Waals surface area contributed by atoms with Crippen molar-refractivity contribution >= 4 is 11.6 Å². The van der Waals surface area contributed by atoms with Crippen molar-refractivity contribution in [3.8, 4) is 23.3 Å². The number of aromatic hydroxyl groups is 2. The summed E-state index contributed by atoms with van der Waals surface area (Å²) in [5.74, 6) is 7.90. The van der Waals surface area contributed by atoms with E-state index in [9.17, 15) is 15.0 Å². The molecule has 1 saturated heterocycles. The molecule has 6 heteroatoms. The lowest BCUT2D eigenvalue weighted by atomic mass is 10.0. The lowest BCUT2D eigenvalue weighted by Gasteiger charge is -2.20. The predicted molar refractivity (Wildman–Crippen MR) is 184 cm³/mol. The van der Waals surface area contributed by atoms with Crippen LogP contribution in [0.5, 0.6) is 11.5 Å². The second-order valence-electron chi connectivity index (χ2n) is 12.6. The minimum atomic E-state index is -0.376. The van der Waals surface area contributed by atoms with E-state index < -0.39 is 0 Å². The summed E-state index contributed by atoms with van der Waals surface area (Å²) in [6.45, 7) is 2.68. The summed E-state index contributed by atoms with van der Waals surface area (Å²) >= 11 is 0. The largest absolute Gasteiger partial charge is 0.508 e. The molecule has 1 fully saturated rings. The van der Waals surface area contributed by atoms with Gasteiger partial charge in [-0.05, 0) is 66.1 Å².